The van der Waals surface area contributed by atoms with Crippen LogP contribution in [-0.4, -0.2) is 51.9 Å². The maximum absolute atomic E-state index is 13.1. The van der Waals surface area contributed by atoms with Crippen LogP contribution in [0.25, 0.3) is 0 Å². The topological polar surface area (TPSA) is 66.9 Å². The molecular formula is C23H26N2O4S. The highest BCUT2D eigenvalue weighted by Gasteiger charge is 2.38. The minimum absolute atomic E-state index is 0.135. The van der Waals surface area contributed by atoms with E-state index >= 15 is 0 Å². The van der Waals surface area contributed by atoms with Crippen LogP contribution in [0.3, 0.4) is 0 Å². The van der Waals surface area contributed by atoms with Gasteiger partial charge in [-0.15, -0.1) is 0 Å². The molecule has 0 aromatic heterocycles. The van der Waals surface area contributed by atoms with E-state index in [0.717, 1.165) is 16.9 Å². The molecule has 2 aromatic rings. The SMILES string of the molecule is CN1C(=CC(=O)c2cccc(S(=O)(=O)N3CCOCC3)c2)C(C)(C)c2ccccc21. The van der Waals surface area contributed by atoms with Gasteiger partial charge >= 0.3 is 0 Å². The first-order chi connectivity index (χ1) is 14.2. The third-order valence-corrected chi connectivity index (χ3v) is 7.83. The van der Waals surface area contributed by atoms with Crippen molar-refractivity contribution in [2.75, 3.05) is 38.3 Å². The maximum atomic E-state index is 13.1. The summed E-state index contributed by atoms with van der Waals surface area (Å²) in [6.07, 6.45) is 1.63. The molecule has 0 saturated carbocycles. The van der Waals surface area contributed by atoms with Gasteiger partial charge < -0.3 is 9.64 Å². The van der Waals surface area contributed by atoms with Gasteiger partial charge in [-0.1, -0.05) is 44.2 Å². The van der Waals surface area contributed by atoms with Gasteiger partial charge in [0, 0.05) is 48.6 Å². The van der Waals surface area contributed by atoms with Gasteiger partial charge in [0.1, 0.15) is 0 Å². The number of allylic oxidation sites excluding steroid dienone is 2. The average molecular weight is 427 g/mol. The molecule has 0 radical (unpaired) electrons. The Bertz CT molecular complexity index is 1120. The first kappa shape index (κ1) is 20.8. The molecule has 7 heteroatoms. The smallest absolute Gasteiger partial charge is 0.243 e. The Morgan fingerprint density at radius 2 is 1.77 bits per heavy atom. The zero-order chi connectivity index (χ0) is 21.5. The predicted octanol–water partition coefficient (Wildman–Crippen LogP) is 3.20. The van der Waals surface area contributed by atoms with E-state index in [2.05, 4.69) is 19.9 Å². The van der Waals surface area contributed by atoms with E-state index in [0.29, 0.717) is 31.9 Å². The van der Waals surface area contributed by atoms with E-state index in [1.165, 1.54) is 16.4 Å². The van der Waals surface area contributed by atoms with Crippen molar-refractivity contribution in [2.24, 2.45) is 0 Å². The zero-order valence-electron chi connectivity index (χ0n) is 17.5. The number of nitrogens with zero attached hydrogens (tertiary/aromatic N) is 2. The Hall–Kier alpha value is -2.48. The molecule has 6 nitrogen and oxygen atoms in total. The largest absolute Gasteiger partial charge is 0.379 e. The Morgan fingerprint density at radius 1 is 1.07 bits per heavy atom. The molecule has 2 aromatic carbocycles. The van der Waals surface area contributed by atoms with E-state index < -0.39 is 10.0 Å². The van der Waals surface area contributed by atoms with Crippen LogP contribution >= 0.6 is 0 Å². The molecule has 30 heavy (non-hydrogen) atoms. The lowest BCUT2D eigenvalue weighted by molar-refractivity contribution is 0.0730. The Kier molecular flexibility index (Phi) is 5.30. The summed E-state index contributed by atoms with van der Waals surface area (Å²) >= 11 is 0. The number of carbonyl (C=O) groups excluding carboxylic acids is 1. The summed E-state index contributed by atoms with van der Waals surface area (Å²) in [6, 6.07) is 14.4. The molecule has 1 saturated heterocycles. The van der Waals surface area contributed by atoms with Gasteiger partial charge in [-0.2, -0.15) is 4.31 Å². The van der Waals surface area contributed by atoms with Gasteiger partial charge in [-0.3, -0.25) is 4.79 Å². The third-order valence-electron chi connectivity index (χ3n) is 5.93. The molecule has 4 rings (SSSR count). The molecule has 2 aliphatic heterocycles. The van der Waals surface area contributed by atoms with Crippen LogP contribution in [0.15, 0.2) is 65.2 Å². The molecule has 158 valence electrons. The second-order valence-corrected chi connectivity index (χ2v) is 10.1. The zero-order valence-corrected chi connectivity index (χ0v) is 18.3. The quantitative estimate of drug-likeness (QED) is 0.555. The van der Waals surface area contributed by atoms with Crippen molar-refractivity contribution in [3.05, 3.63) is 71.4 Å². The molecule has 0 N–H and O–H groups in total. The van der Waals surface area contributed by atoms with Crippen LogP contribution < -0.4 is 4.90 Å². The van der Waals surface area contributed by atoms with Crippen molar-refractivity contribution < 1.29 is 17.9 Å². The second kappa shape index (κ2) is 7.65. The maximum Gasteiger partial charge on any atom is 0.243 e. The summed E-state index contributed by atoms with van der Waals surface area (Å²) in [5, 5.41) is 0. The lowest BCUT2D eigenvalue weighted by atomic mass is 9.83. The van der Waals surface area contributed by atoms with E-state index in [-0.39, 0.29) is 16.1 Å². The minimum atomic E-state index is -3.65. The Labute approximate surface area is 177 Å². The van der Waals surface area contributed by atoms with Crippen LogP contribution in [0.1, 0.15) is 29.8 Å². The van der Waals surface area contributed by atoms with Gasteiger partial charge in [0.2, 0.25) is 10.0 Å². The Balaban J connectivity index is 1.66. The summed E-state index contributed by atoms with van der Waals surface area (Å²) in [4.78, 5) is 15.3. The number of morpholine rings is 1. The summed E-state index contributed by atoms with van der Waals surface area (Å²) in [5.41, 5.74) is 3.16. The Morgan fingerprint density at radius 3 is 2.47 bits per heavy atom. The minimum Gasteiger partial charge on any atom is -0.379 e. The van der Waals surface area contributed by atoms with Crippen LogP contribution in [0.4, 0.5) is 5.69 Å². The molecule has 0 aliphatic carbocycles. The van der Waals surface area contributed by atoms with Crippen LogP contribution in [0.2, 0.25) is 0 Å². The fraction of sp³-hybridized carbons (Fsp3) is 0.348. The lowest BCUT2D eigenvalue weighted by Crippen LogP contribution is -2.40. The van der Waals surface area contributed by atoms with E-state index in [4.69, 9.17) is 4.74 Å². The number of rotatable bonds is 4. The molecule has 0 atom stereocenters. The molecule has 0 amide bonds. The highest BCUT2D eigenvalue weighted by atomic mass is 32.2. The number of anilines is 1. The molecule has 0 spiro atoms. The van der Waals surface area contributed by atoms with E-state index in [1.54, 1.807) is 18.2 Å². The summed E-state index contributed by atoms with van der Waals surface area (Å²) in [7, 11) is -1.70. The van der Waals surface area contributed by atoms with Crippen molar-refractivity contribution in [3.63, 3.8) is 0 Å². The first-order valence-electron chi connectivity index (χ1n) is 10.0. The van der Waals surface area contributed by atoms with E-state index in [9.17, 15) is 13.2 Å². The number of ketones is 1. The van der Waals surface area contributed by atoms with Crippen LogP contribution in [0.5, 0.6) is 0 Å². The van der Waals surface area contributed by atoms with Crippen molar-refractivity contribution in [2.45, 2.75) is 24.2 Å². The van der Waals surface area contributed by atoms with Crippen molar-refractivity contribution >= 4 is 21.5 Å². The second-order valence-electron chi connectivity index (χ2n) is 8.14. The summed E-state index contributed by atoms with van der Waals surface area (Å²) in [5.74, 6) is -0.211. The van der Waals surface area contributed by atoms with Crippen molar-refractivity contribution in [1.82, 2.24) is 4.31 Å². The number of sulfonamides is 1. The fourth-order valence-electron chi connectivity index (χ4n) is 4.21. The van der Waals surface area contributed by atoms with E-state index in [1.807, 2.05) is 30.1 Å². The number of likely N-dealkylation sites (N-methyl/N-ethyl adjacent to an activating group) is 1. The summed E-state index contributed by atoms with van der Waals surface area (Å²) in [6.45, 7) is 5.59. The van der Waals surface area contributed by atoms with Gasteiger partial charge in [0.05, 0.1) is 18.1 Å². The lowest BCUT2D eigenvalue weighted by Gasteiger charge is -2.26. The molecule has 2 aliphatic rings. The number of para-hydroxylation sites is 1. The fourth-order valence-corrected chi connectivity index (χ4v) is 5.67. The average Bonchev–Trinajstić information content (AvgIpc) is 2.95. The predicted molar refractivity (Wildman–Crippen MR) is 116 cm³/mol. The standard InChI is InChI=1S/C23H26N2O4S/c1-23(2)19-9-4-5-10-20(19)24(3)22(23)16-21(26)17-7-6-8-18(15-17)30(27,28)25-11-13-29-14-12-25/h4-10,15-16H,11-14H2,1-3H3. The molecular weight excluding hydrogens is 400 g/mol. The first-order valence-corrected chi connectivity index (χ1v) is 11.4. The number of carbonyl (C=O) groups is 1. The number of hydrogen-bond donors (Lipinski definition) is 0. The van der Waals surface area contributed by atoms with Crippen LogP contribution in [0, 0.1) is 0 Å². The highest BCUT2D eigenvalue weighted by Crippen LogP contribution is 2.46. The number of fused-ring (bicyclic) bond motifs is 1. The van der Waals surface area contributed by atoms with Crippen LogP contribution in [-0.2, 0) is 20.2 Å². The van der Waals surface area contributed by atoms with Gasteiger partial charge in [0.25, 0.3) is 0 Å². The van der Waals surface area contributed by atoms with Gasteiger partial charge in [-0.25, -0.2) is 8.42 Å². The highest BCUT2D eigenvalue weighted by molar-refractivity contribution is 7.89. The van der Waals surface area contributed by atoms with Gasteiger partial charge in [0.15, 0.2) is 5.78 Å². The third kappa shape index (κ3) is 3.47. The molecule has 0 bridgehead atoms. The molecule has 1 fully saturated rings. The number of hydrogen-bond acceptors (Lipinski definition) is 5. The van der Waals surface area contributed by atoms with Crippen molar-refractivity contribution in [1.29, 1.82) is 0 Å². The number of ether oxygens (including phenoxy) is 1. The monoisotopic (exact) mass is 426 g/mol. The molecule has 0 unspecified atom stereocenters. The van der Waals surface area contributed by atoms with Gasteiger partial charge in [-0.05, 0) is 23.8 Å². The normalized spacial score (nSPS) is 20.4. The number of benzene rings is 2. The molecule has 2 heterocycles. The van der Waals surface area contributed by atoms with Crippen molar-refractivity contribution in [3.8, 4) is 0 Å². The summed E-state index contributed by atoms with van der Waals surface area (Å²) < 4.78 is 32.5.